The standard InChI is InChI=1S/C13H10Br2OS/c1-2-9-4-6-12(17-9)13(16)10-7-8(14)3-5-11(10)15/h3-7H,2H2,1H3. The van der Waals surface area contributed by atoms with Gasteiger partial charge in [0.25, 0.3) is 0 Å². The topological polar surface area (TPSA) is 17.1 Å². The van der Waals surface area contributed by atoms with Gasteiger partial charge in [-0.05, 0) is 36.8 Å². The number of halogens is 2. The van der Waals surface area contributed by atoms with Crippen molar-refractivity contribution in [1.29, 1.82) is 0 Å². The van der Waals surface area contributed by atoms with Gasteiger partial charge in [0.15, 0.2) is 0 Å². The van der Waals surface area contributed by atoms with E-state index in [1.807, 2.05) is 30.3 Å². The average molecular weight is 374 g/mol. The number of carbonyl (C=O) groups is 1. The minimum atomic E-state index is 0.0721. The number of aryl methyl sites for hydroxylation is 1. The summed E-state index contributed by atoms with van der Waals surface area (Å²) in [6.07, 6.45) is 0.970. The molecule has 0 aliphatic rings. The van der Waals surface area contributed by atoms with Crippen LogP contribution < -0.4 is 0 Å². The molecule has 0 unspecified atom stereocenters. The van der Waals surface area contributed by atoms with Gasteiger partial charge < -0.3 is 0 Å². The van der Waals surface area contributed by atoms with Crippen LogP contribution in [0.3, 0.4) is 0 Å². The van der Waals surface area contributed by atoms with E-state index in [1.165, 1.54) is 4.88 Å². The highest BCUT2D eigenvalue weighted by atomic mass is 79.9. The molecule has 4 heteroatoms. The maximum atomic E-state index is 12.3. The van der Waals surface area contributed by atoms with Crippen molar-refractivity contribution >= 4 is 49.0 Å². The third-order valence-corrected chi connectivity index (χ3v) is 4.82. The first kappa shape index (κ1) is 13.0. The van der Waals surface area contributed by atoms with Crippen molar-refractivity contribution in [2.75, 3.05) is 0 Å². The second-order valence-corrected chi connectivity index (χ2v) is 6.51. The molecule has 88 valence electrons. The molecule has 0 atom stereocenters. The Balaban J connectivity index is 2.39. The third-order valence-electron chi connectivity index (χ3n) is 2.41. The number of hydrogen-bond donors (Lipinski definition) is 0. The summed E-state index contributed by atoms with van der Waals surface area (Å²) in [4.78, 5) is 14.3. The quantitative estimate of drug-likeness (QED) is 0.686. The summed E-state index contributed by atoms with van der Waals surface area (Å²) in [6, 6.07) is 9.55. The van der Waals surface area contributed by atoms with E-state index in [4.69, 9.17) is 0 Å². The molecule has 0 bridgehead atoms. The van der Waals surface area contributed by atoms with Crippen molar-refractivity contribution in [2.24, 2.45) is 0 Å². The first-order chi connectivity index (χ1) is 8.11. The molecule has 17 heavy (non-hydrogen) atoms. The maximum Gasteiger partial charge on any atom is 0.204 e. The summed E-state index contributed by atoms with van der Waals surface area (Å²) >= 11 is 8.37. The molecule has 0 aliphatic carbocycles. The van der Waals surface area contributed by atoms with Crippen LogP contribution in [0.4, 0.5) is 0 Å². The Morgan fingerprint density at radius 1 is 1.24 bits per heavy atom. The van der Waals surface area contributed by atoms with E-state index in [9.17, 15) is 4.79 Å². The molecular formula is C13H10Br2OS. The van der Waals surface area contributed by atoms with Gasteiger partial charge in [0.2, 0.25) is 5.78 Å². The third kappa shape index (κ3) is 2.87. The lowest BCUT2D eigenvalue weighted by molar-refractivity contribution is 0.104. The number of rotatable bonds is 3. The van der Waals surface area contributed by atoms with Crippen LogP contribution in [0.1, 0.15) is 27.0 Å². The average Bonchev–Trinajstić information content (AvgIpc) is 2.80. The predicted molar refractivity (Wildman–Crippen MR) is 79.0 cm³/mol. The van der Waals surface area contributed by atoms with Crippen molar-refractivity contribution in [3.05, 3.63) is 54.6 Å². The molecule has 2 aromatic rings. The van der Waals surface area contributed by atoms with Crippen LogP contribution in [-0.2, 0) is 6.42 Å². The highest BCUT2D eigenvalue weighted by Gasteiger charge is 2.14. The summed E-state index contributed by atoms with van der Waals surface area (Å²) in [5.41, 5.74) is 0.698. The van der Waals surface area contributed by atoms with Gasteiger partial charge >= 0.3 is 0 Å². The van der Waals surface area contributed by atoms with E-state index >= 15 is 0 Å². The zero-order chi connectivity index (χ0) is 12.4. The largest absolute Gasteiger partial charge is 0.288 e. The number of benzene rings is 1. The number of hydrogen-bond acceptors (Lipinski definition) is 2. The van der Waals surface area contributed by atoms with Gasteiger partial charge in [-0.15, -0.1) is 11.3 Å². The summed E-state index contributed by atoms with van der Waals surface area (Å²) < 4.78 is 1.74. The SMILES string of the molecule is CCc1ccc(C(=O)c2cc(Br)ccc2Br)s1. The minimum absolute atomic E-state index is 0.0721. The Morgan fingerprint density at radius 3 is 2.65 bits per heavy atom. The van der Waals surface area contributed by atoms with E-state index in [0.717, 1.165) is 20.2 Å². The Labute approximate surface area is 121 Å². The second-order valence-electron chi connectivity index (χ2n) is 3.57. The van der Waals surface area contributed by atoms with Gasteiger partial charge in [-0.2, -0.15) is 0 Å². The number of carbonyl (C=O) groups excluding carboxylic acids is 1. The molecule has 0 aliphatic heterocycles. The molecule has 0 spiro atoms. The highest BCUT2D eigenvalue weighted by Crippen LogP contribution is 2.27. The Hall–Kier alpha value is -0.450. The monoisotopic (exact) mass is 372 g/mol. The van der Waals surface area contributed by atoms with Gasteiger partial charge in [0, 0.05) is 19.4 Å². The number of ketones is 1. The molecule has 0 saturated heterocycles. The highest BCUT2D eigenvalue weighted by molar-refractivity contribution is 9.11. The van der Waals surface area contributed by atoms with Gasteiger partial charge in [-0.1, -0.05) is 38.8 Å². The summed E-state index contributed by atoms with van der Waals surface area (Å²) in [5, 5.41) is 0. The molecule has 0 radical (unpaired) electrons. The molecule has 0 amide bonds. The Bertz CT molecular complexity index is 560. The van der Waals surface area contributed by atoms with Gasteiger partial charge in [0.05, 0.1) is 4.88 Å². The van der Waals surface area contributed by atoms with Gasteiger partial charge in [-0.3, -0.25) is 4.79 Å². The lowest BCUT2D eigenvalue weighted by Crippen LogP contribution is -1.99. The van der Waals surface area contributed by atoms with Crippen LogP contribution in [0, 0.1) is 0 Å². The normalized spacial score (nSPS) is 10.5. The van der Waals surface area contributed by atoms with Crippen LogP contribution in [0.2, 0.25) is 0 Å². The van der Waals surface area contributed by atoms with Crippen molar-refractivity contribution in [3.8, 4) is 0 Å². The van der Waals surface area contributed by atoms with E-state index in [1.54, 1.807) is 11.3 Å². The lowest BCUT2D eigenvalue weighted by Gasteiger charge is -2.02. The fourth-order valence-electron chi connectivity index (χ4n) is 1.49. The van der Waals surface area contributed by atoms with E-state index in [0.29, 0.717) is 5.56 Å². The van der Waals surface area contributed by atoms with Crippen molar-refractivity contribution in [2.45, 2.75) is 13.3 Å². The summed E-state index contributed by atoms with van der Waals surface area (Å²) in [5.74, 6) is 0.0721. The van der Waals surface area contributed by atoms with E-state index in [-0.39, 0.29) is 5.78 Å². The minimum Gasteiger partial charge on any atom is -0.288 e. The van der Waals surface area contributed by atoms with Crippen LogP contribution in [0.15, 0.2) is 39.3 Å². The summed E-state index contributed by atoms with van der Waals surface area (Å²) in [7, 11) is 0. The predicted octanol–water partition coefficient (Wildman–Crippen LogP) is 5.07. The molecule has 2 rings (SSSR count). The first-order valence-corrected chi connectivity index (χ1v) is 7.60. The second kappa shape index (κ2) is 5.46. The van der Waals surface area contributed by atoms with Crippen LogP contribution >= 0.6 is 43.2 Å². The maximum absolute atomic E-state index is 12.3. The van der Waals surface area contributed by atoms with Crippen LogP contribution in [-0.4, -0.2) is 5.78 Å². The smallest absolute Gasteiger partial charge is 0.204 e. The first-order valence-electron chi connectivity index (χ1n) is 5.20. The van der Waals surface area contributed by atoms with Crippen LogP contribution in [0.5, 0.6) is 0 Å². The van der Waals surface area contributed by atoms with Crippen molar-refractivity contribution in [3.63, 3.8) is 0 Å². The lowest BCUT2D eigenvalue weighted by atomic mass is 10.1. The van der Waals surface area contributed by atoms with Gasteiger partial charge in [0.1, 0.15) is 0 Å². The zero-order valence-electron chi connectivity index (χ0n) is 9.17. The fraction of sp³-hybridized carbons (Fsp3) is 0.154. The molecular weight excluding hydrogens is 364 g/mol. The molecule has 1 aromatic carbocycles. The fourth-order valence-corrected chi connectivity index (χ4v) is 3.18. The Morgan fingerprint density at radius 2 is 2.00 bits per heavy atom. The number of thiophene rings is 1. The van der Waals surface area contributed by atoms with Gasteiger partial charge in [-0.25, -0.2) is 0 Å². The zero-order valence-corrected chi connectivity index (χ0v) is 13.2. The molecule has 0 saturated carbocycles. The van der Waals surface area contributed by atoms with E-state index < -0.39 is 0 Å². The summed E-state index contributed by atoms with van der Waals surface area (Å²) in [6.45, 7) is 2.09. The van der Waals surface area contributed by atoms with Crippen molar-refractivity contribution < 1.29 is 4.79 Å². The Kier molecular flexibility index (Phi) is 4.17. The molecule has 1 aromatic heterocycles. The molecule has 0 fully saturated rings. The molecule has 1 heterocycles. The van der Waals surface area contributed by atoms with Crippen molar-refractivity contribution in [1.82, 2.24) is 0 Å². The molecule has 0 N–H and O–H groups in total. The van der Waals surface area contributed by atoms with E-state index in [2.05, 4.69) is 38.8 Å². The van der Waals surface area contributed by atoms with Crippen LogP contribution in [0.25, 0.3) is 0 Å². The molecule has 1 nitrogen and oxygen atoms in total.